The zero-order chi connectivity index (χ0) is 13.4. The number of nitrogens with zero attached hydrogens (tertiary/aromatic N) is 2. The van der Waals surface area contributed by atoms with Crippen molar-refractivity contribution in [1.82, 2.24) is 15.2 Å². The van der Waals surface area contributed by atoms with Crippen LogP contribution >= 0.6 is 0 Å². The topological polar surface area (TPSA) is 65.1 Å². The number of hydrogen-bond donors (Lipinski definition) is 2. The van der Waals surface area contributed by atoms with E-state index in [2.05, 4.69) is 30.6 Å². The molecule has 1 aromatic rings. The van der Waals surface area contributed by atoms with E-state index in [1.54, 1.807) is 0 Å². The molecule has 2 atom stereocenters. The van der Waals surface area contributed by atoms with Gasteiger partial charge in [0.05, 0.1) is 18.3 Å². The number of rotatable bonds is 9. The van der Waals surface area contributed by atoms with Crippen molar-refractivity contribution in [3.05, 3.63) is 18.0 Å². The van der Waals surface area contributed by atoms with Gasteiger partial charge in [0.25, 0.3) is 0 Å². The Hall–Kier alpha value is -0.910. The fraction of sp³-hybridized carbons (Fsp3) is 0.769. The second-order valence-corrected chi connectivity index (χ2v) is 4.46. The van der Waals surface area contributed by atoms with E-state index in [9.17, 15) is 0 Å². The Morgan fingerprint density at radius 1 is 1.44 bits per heavy atom. The molecule has 5 nitrogen and oxygen atoms in total. The van der Waals surface area contributed by atoms with Gasteiger partial charge in [-0.05, 0) is 32.3 Å². The molecule has 0 radical (unpaired) electrons. The van der Waals surface area contributed by atoms with Gasteiger partial charge >= 0.3 is 0 Å². The molecule has 2 unspecified atom stereocenters. The van der Waals surface area contributed by atoms with Crippen LogP contribution in [0.1, 0.15) is 39.2 Å². The van der Waals surface area contributed by atoms with Crippen molar-refractivity contribution in [3.63, 3.8) is 0 Å². The van der Waals surface area contributed by atoms with Crippen molar-refractivity contribution < 1.29 is 4.74 Å². The minimum absolute atomic E-state index is 0.138. The van der Waals surface area contributed by atoms with Gasteiger partial charge in [-0.2, -0.15) is 5.10 Å². The first kappa shape index (κ1) is 15.1. The third-order valence-corrected chi connectivity index (χ3v) is 3.08. The summed E-state index contributed by atoms with van der Waals surface area (Å²) in [6.07, 6.45) is 7.10. The molecule has 0 fully saturated rings. The molecule has 1 aromatic heterocycles. The summed E-state index contributed by atoms with van der Waals surface area (Å²) in [4.78, 5) is 0. The highest BCUT2D eigenvalue weighted by atomic mass is 16.5. The highest BCUT2D eigenvalue weighted by Gasteiger charge is 2.20. The van der Waals surface area contributed by atoms with Crippen molar-refractivity contribution in [2.24, 2.45) is 5.84 Å². The summed E-state index contributed by atoms with van der Waals surface area (Å²) in [5.74, 6) is 5.66. The van der Waals surface area contributed by atoms with Crippen molar-refractivity contribution in [3.8, 4) is 0 Å². The normalized spacial score (nSPS) is 14.7. The molecule has 0 saturated carbocycles. The maximum atomic E-state index is 5.77. The first-order valence-corrected chi connectivity index (χ1v) is 6.84. The molecule has 1 heterocycles. The largest absolute Gasteiger partial charge is 0.377 e. The molecular formula is C13H26N4O. The summed E-state index contributed by atoms with van der Waals surface area (Å²) in [5.41, 5.74) is 4.08. The number of hydrogen-bond acceptors (Lipinski definition) is 4. The number of aryl methyl sites for hydroxylation is 1. The Bertz CT molecular complexity index is 321. The van der Waals surface area contributed by atoms with Crippen molar-refractivity contribution in [2.45, 2.75) is 58.7 Å². The van der Waals surface area contributed by atoms with Gasteiger partial charge in [0.2, 0.25) is 0 Å². The molecule has 0 aliphatic heterocycles. The molecule has 0 amide bonds. The monoisotopic (exact) mass is 254 g/mol. The Labute approximate surface area is 110 Å². The smallest absolute Gasteiger partial charge is 0.0744 e. The van der Waals surface area contributed by atoms with Crippen molar-refractivity contribution in [2.75, 3.05) is 6.61 Å². The molecule has 0 aromatic carbocycles. The summed E-state index contributed by atoms with van der Waals surface area (Å²) in [7, 11) is 0. The van der Waals surface area contributed by atoms with Crippen LogP contribution in [0.25, 0.3) is 0 Å². The number of aromatic nitrogens is 2. The summed E-state index contributed by atoms with van der Waals surface area (Å²) >= 11 is 0. The summed E-state index contributed by atoms with van der Waals surface area (Å²) in [6, 6.07) is 0.138. The van der Waals surface area contributed by atoms with Gasteiger partial charge < -0.3 is 4.74 Å². The van der Waals surface area contributed by atoms with E-state index < -0.39 is 0 Å². The lowest BCUT2D eigenvalue weighted by molar-refractivity contribution is 0.0281. The maximum absolute atomic E-state index is 5.77. The third-order valence-electron chi connectivity index (χ3n) is 3.08. The van der Waals surface area contributed by atoms with Gasteiger partial charge in [-0.25, -0.2) is 0 Å². The second-order valence-electron chi connectivity index (χ2n) is 4.46. The van der Waals surface area contributed by atoms with Crippen molar-refractivity contribution in [1.29, 1.82) is 0 Å². The summed E-state index contributed by atoms with van der Waals surface area (Å²) < 4.78 is 7.70. The van der Waals surface area contributed by atoms with Gasteiger partial charge in [0, 0.05) is 19.3 Å². The molecule has 0 bridgehead atoms. The fourth-order valence-corrected chi connectivity index (χ4v) is 2.14. The lowest BCUT2D eigenvalue weighted by Gasteiger charge is -2.25. The number of nitrogens with one attached hydrogen (secondary N) is 1. The Morgan fingerprint density at radius 3 is 2.72 bits per heavy atom. The molecule has 5 heteroatoms. The van der Waals surface area contributed by atoms with E-state index in [0.29, 0.717) is 0 Å². The SMILES string of the molecule is CCCC(OCC)C(Cc1cnn(CC)c1)NN. The predicted octanol–water partition coefficient (Wildman–Crippen LogP) is 1.48. The molecule has 0 spiro atoms. The second kappa shape index (κ2) is 8.24. The third kappa shape index (κ3) is 4.40. The maximum Gasteiger partial charge on any atom is 0.0744 e. The minimum Gasteiger partial charge on any atom is -0.377 e. The van der Waals surface area contributed by atoms with E-state index in [1.807, 2.05) is 17.8 Å². The first-order valence-electron chi connectivity index (χ1n) is 6.84. The van der Waals surface area contributed by atoms with E-state index in [0.717, 1.165) is 32.4 Å². The highest BCUT2D eigenvalue weighted by Crippen LogP contribution is 2.12. The van der Waals surface area contributed by atoms with Gasteiger partial charge in [-0.15, -0.1) is 0 Å². The standard InChI is InChI=1S/C13H26N4O/c1-4-7-13(18-6-3)12(16-14)8-11-9-15-17(5-2)10-11/h9-10,12-13,16H,4-8,14H2,1-3H3. The average molecular weight is 254 g/mol. The van der Waals surface area contributed by atoms with Crippen LogP contribution < -0.4 is 11.3 Å². The van der Waals surface area contributed by atoms with Crippen LogP contribution in [0.15, 0.2) is 12.4 Å². The van der Waals surface area contributed by atoms with Crippen LogP contribution in [-0.2, 0) is 17.7 Å². The number of hydrazine groups is 1. The molecule has 0 aliphatic rings. The number of ether oxygens (including phenoxy) is 1. The van der Waals surface area contributed by atoms with E-state index >= 15 is 0 Å². The van der Waals surface area contributed by atoms with Gasteiger partial charge in [-0.3, -0.25) is 16.0 Å². The van der Waals surface area contributed by atoms with Crippen LogP contribution in [0.2, 0.25) is 0 Å². The lowest BCUT2D eigenvalue weighted by atomic mass is 10.0. The van der Waals surface area contributed by atoms with Crippen LogP contribution in [-0.4, -0.2) is 28.5 Å². The summed E-state index contributed by atoms with van der Waals surface area (Å²) in [5, 5.41) is 4.28. The Kier molecular flexibility index (Phi) is 6.93. The van der Waals surface area contributed by atoms with Crippen LogP contribution in [0.4, 0.5) is 0 Å². The van der Waals surface area contributed by atoms with Crippen LogP contribution in [0, 0.1) is 0 Å². The van der Waals surface area contributed by atoms with Crippen LogP contribution in [0.5, 0.6) is 0 Å². The Balaban J connectivity index is 2.62. The average Bonchev–Trinajstić information content (AvgIpc) is 2.83. The highest BCUT2D eigenvalue weighted by molar-refractivity contribution is 5.07. The number of nitrogens with two attached hydrogens (primary N) is 1. The quantitative estimate of drug-likeness (QED) is 0.517. The van der Waals surface area contributed by atoms with Gasteiger partial charge in [0.1, 0.15) is 0 Å². The predicted molar refractivity (Wildman–Crippen MR) is 73.0 cm³/mol. The van der Waals surface area contributed by atoms with E-state index in [1.165, 1.54) is 5.56 Å². The lowest BCUT2D eigenvalue weighted by Crippen LogP contribution is -2.46. The molecule has 18 heavy (non-hydrogen) atoms. The van der Waals surface area contributed by atoms with Gasteiger partial charge in [0.15, 0.2) is 0 Å². The molecule has 1 rings (SSSR count). The molecule has 3 N–H and O–H groups in total. The summed E-state index contributed by atoms with van der Waals surface area (Å²) in [6.45, 7) is 7.87. The van der Waals surface area contributed by atoms with E-state index in [-0.39, 0.29) is 12.1 Å². The zero-order valence-corrected chi connectivity index (χ0v) is 11.7. The van der Waals surface area contributed by atoms with Crippen molar-refractivity contribution >= 4 is 0 Å². The molecule has 104 valence electrons. The first-order chi connectivity index (χ1) is 8.74. The molecule has 0 saturated heterocycles. The Morgan fingerprint density at radius 2 is 2.22 bits per heavy atom. The van der Waals surface area contributed by atoms with Crippen LogP contribution in [0.3, 0.4) is 0 Å². The van der Waals surface area contributed by atoms with Gasteiger partial charge in [-0.1, -0.05) is 13.3 Å². The fourth-order valence-electron chi connectivity index (χ4n) is 2.14. The molecule has 0 aliphatic carbocycles. The zero-order valence-electron chi connectivity index (χ0n) is 11.7. The minimum atomic E-state index is 0.138. The molecular weight excluding hydrogens is 228 g/mol. The van der Waals surface area contributed by atoms with E-state index in [4.69, 9.17) is 10.6 Å².